The Morgan fingerprint density at radius 2 is 1.89 bits per heavy atom. The number of fused-ring (bicyclic) bond motifs is 2. The number of piperidine rings is 1. The van der Waals surface area contributed by atoms with Crippen LogP contribution in [-0.4, -0.2) is 17.9 Å². The van der Waals surface area contributed by atoms with Gasteiger partial charge in [-0.1, -0.05) is 18.2 Å². The lowest BCUT2D eigenvalue weighted by Crippen LogP contribution is -2.40. The van der Waals surface area contributed by atoms with E-state index in [4.69, 9.17) is 5.26 Å². The summed E-state index contributed by atoms with van der Waals surface area (Å²) in [6, 6.07) is 10.3. The van der Waals surface area contributed by atoms with Crippen LogP contribution in [0.15, 0.2) is 24.3 Å². The van der Waals surface area contributed by atoms with Crippen molar-refractivity contribution in [3.05, 3.63) is 35.4 Å². The molecule has 2 aliphatic rings. The molecule has 2 aliphatic heterocycles. The summed E-state index contributed by atoms with van der Waals surface area (Å²) in [4.78, 5) is 12.5. The van der Waals surface area contributed by atoms with Crippen LogP contribution < -0.4 is 5.32 Å². The van der Waals surface area contributed by atoms with E-state index in [1.165, 1.54) is 12.8 Å². The summed E-state index contributed by atoms with van der Waals surface area (Å²) >= 11 is 0. The van der Waals surface area contributed by atoms with E-state index < -0.39 is 0 Å². The summed E-state index contributed by atoms with van der Waals surface area (Å²) in [6.07, 6.45) is 4.23. The third-order valence-corrected chi connectivity index (χ3v) is 4.16. The number of nitrogens with zero attached hydrogens (tertiary/aromatic N) is 1. The van der Waals surface area contributed by atoms with Crippen molar-refractivity contribution in [2.75, 3.05) is 0 Å². The molecule has 0 amide bonds. The van der Waals surface area contributed by atoms with Gasteiger partial charge >= 0.3 is 0 Å². The topological polar surface area (TPSA) is 52.9 Å². The maximum atomic E-state index is 12.5. The standard InChI is InChI=1S/C15H16N2O/c16-9-10-3-1-2-4-14(10)15(18)11-7-12-5-6-13(8-11)17-12/h1-4,11-13,17H,5-8H2. The van der Waals surface area contributed by atoms with E-state index in [9.17, 15) is 4.79 Å². The first kappa shape index (κ1) is 11.4. The maximum absolute atomic E-state index is 12.5. The van der Waals surface area contributed by atoms with Crippen molar-refractivity contribution in [3.63, 3.8) is 0 Å². The van der Waals surface area contributed by atoms with Crippen LogP contribution in [0.3, 0.4) is 0 Å². The van der Waals surface area contributed by atoms with E-state index in [2.05, 4.69) is 11.4 Å². The first-order chi connectivity index (χ1) is 8.78. The summed E-state index contributed by atoms with van der Waals surface area (Å²) in [6.45, 7) is 0. The van der Waals surface area contributed by atoms with Gasteiger partial charge in [0.2, 0.25) is 0 Å². The van der Waals surface area contributed by atoms with Crippen LogP contribution in [0.1, 0.15) is 41.6 Å². The molecule has 2 unspecified atom stereocenters. The Morgan fingerprint density at radius 1 is 1.22 bits per heavy atom. The molecule has 2 heterocycles. The van der Waals surface area contributed by atoms with Gasteiger partial charge in [-0.15, -0.1) is 0 Å². The van der Waals surface area contributed by atoms with Crippen LogP contribution in [0.25, 0.3) is 0 Å². The van der Waals surface area contributed by atoms with Gasteiger partial charge in [-0.25, -0.2) is 0 Å². The van der Waals surface area contributed by atoms with Crippen LogP contribution in [0.5, 0.6) is 0 Å². The number of Topliss-reactive ketones (excluding diaryl/α,β-unsaturated/α-hetero) is 1. The predicted octanol–water partition coefficient (Wildman–Crippen LogP) is 2.27. The number of rotatable bonds is 2. The molecule has 2 fully saturated rings. The number of nitrogens with one attached hydrogen (secondary N) is 1. The molecule has 3 rings (SSSR count). The highest BCUT2D eigenvalue weighted by atomic mass is 16.1. The minimum atomic E-state index is 0.0956. The smallest absolute Gasteiger partial charge is 0.167 e. The highest BCUT2D eigenvalue weighted by Gasteiger charge is 2.37. The first-order valence-corrected chi connectivity index (χ1v) is 6.57. The molecule has 92 valence electrons. The maximum Gasteiger partial charge on any atom is 0.167 e. The van der Waals surface area contributed by atoms with Gasteiger partial charge in [-0.3, -0.25) is 4.79 Å². The third-order valence-electron chi connectivity index (χ3n) is 4.16. The average Bonchev–Trinajstić information content (AvgIpc) is 2.76. The van der Waals surface area contributed by atoms with Gasteiger partial charge in [0.25, 0.3) is 0 Å². The molecule has 3 nitrogen and oxygen atoms in total. The second-order valence-electron chi connectivity index (χ2n) is 5.33. The van der Waals surface area contributed by atoms with Gasteiger partial charge in [0, 0.05) is 23.6 Å². The van der Waals surface area contributed by atoms with Crippen LogP contribution >= 0.6 is 0 Å². The highest BCUT2D eigenvalue weighted by Crippen LogP contribution is 2.33. The third kappa shape index (κ3) is 1.93. The molecule has 18 heavy (non-hydrogen) atoms. The number of nitriles is 1. The Morgan fingerprint density at radius 3 is 2.56 bits per heavy atom. The number of ketones is 1. The number of benzene rings is 1. The van der Waals surface area contributed by atoms with E-state index in [1.807, 2.05) is 6.07 Å². The molecule has 3 heteroatoms. The second-order valence-corrected chi connectivity index (χ2v) is 5.33. The summed E-state index contributed by atoms with van der Waals surface area (Å²) < 4.78 is 0. The molecule has 2 saturated heterocycles. The van der Waals surface area contributed by atoms with Gasteiger partial charge in [0.05, 0.1) is 11.6 Å². The van der Waals surface area contributed by atoms with Crippen molar-refractivity contribution in [1.29, 1.82) is 5.26 Å². The van der Waals surface area contributed by atoms with Gasteiger partial charge in [0.1, 0.15) is 0 Å². The fourth-order valence-corrected chi connectivity index (χ4v) is 3.29. The SMILES string of the molecule is N#Cc1ccccc1C(=O)C1CC2CCC(C1)N2. The molecule has 1 N–H and O–H groups in total. The van der Waals surface area contributed by atoms with Crippen LogP contribution in [0, 0.1) is 17.2 Å². The second kappa shape index (κ2) is 4.55. The van der Waals surface area contributed by atoms with E-state index in [-0.39, 0.29) is 11.7 Å². The van der Waals surface area contributed by atoms with Crippen molar-refractivity contribution in [2.45, 2.75) is 37.8 Å². The van der Waals surface area contributed by atoms with Gasteiger partial charge in [-0.2, -0.15) is 5.26 Å². The zero-order valence-electron chi connectivity index (χ0n) is 10.2. The van der Waals surface area contributed by atoms with Gasteiger partial charge in [0.15, 0.2) is 5.78 Å². The normalized spacial score (nSPS) is 29.8. The van der Waals surface area contributed by atoms with Crippen molar-refractivity contribution < 1.29 is 4.79 Å². The lowest BCUT2D eigenvalue weighted by molar-refractivity contribution is 0.0875. The fourth-order valence-electron chi connectivity index (χ4n) is 3.29. The number of hydrogen-bond donors (Lipinski definition) is 1. The molecule has 2 atom stereocenters. The van der Waals surface area contributed by atoms with Crippen LogP contribution in [0.2, 0.25) is 0 Å². The Labute approximate surface area is 107 Å². The fraction of sp³-hybridized carbons (Fsp3) is 0.467. The highest BCUT2D eigenvalue weighted by molar-refractivity contribution is 6.00. The van der Waals surface area contributed by atoms with E-state index in [0.717, 1.165) is 12.8 Å². The average molecular weight is 240 g/mol. The van der Waals surface area contributed by atoms with Gasteiger partial charge in [-0.05, 0) is 31.7 Å². The Bertz CT molecular complexity index is 505. The summed E-state index contributed by atoms with van der Waals surface area (Å²) in [5, 5.41) is 12.6. The van der Waals surface area contributed by atoms with E-state index in [1.54, 1.807) is 18.2 Å². The minimum absolute atomic E-state index is 0.0956. The summed E-state index contributed by atoms with van der Waals surface area (Å²) in [7, 11) is 0. The van der Waals surface area contributed by atoms with Crippen LogP contribution in [-0.2, 0) is 0 Å². The monoisotopic (exact) mass is 240 g/mol. The lowest BCUT2D eigenvalue weighted by atomic mass is 9.85. The Hall–Kier alpha value is -1.66. The molecule has 1 aromatic carbocycles. The molecule has 0 aromatic heterocycles. The predicted molar refractivity (Wildman–Crippen MR) is 68.2 cm³/mol. The Balaban J connectivity index is 1.84. The molecule has 0 aliphatic carbocycles. The Kier molecular flexibility index (Phi) is 2.89. The molecule has 0 radical (unpaired) electrons. The van der Waals surface area contributed by atoms with E-state index in [0.29, 0.717) is 23.2 Å². The van der Waals surface area contributed by atoms with Gasteiger partial charge < -0.3 is 5.32 Å². The largest absolute Gasteiger partial charge is 0.311 e. The zero-order chi connectivity index (χ0) is 12.5. The number of carbonyl (C=O) groups excluding carboxylic acids is 1. The number of carbonyl (C=O) groups is 1. The minimum Gasteiger partial charge on any atom is -0.311 e. The lowest BCUT2D eigenvalue weighted by Gasteiger charge is -2.28. The quantitative estimate of drug-likeness (QED) is 0.807. The molecule has 2 bridgehead atoms. The van der Waals surface area contributed by atoms with Crippen molar-refractivity contribution >= 4 is 5.78 Å². The number of hydrogen-bond acceptors (Lipinski definition) is 3. The van der Waals surface area contributed by atoms with Crippen LogP contribution in [0.4, 0.5) is 0 Å². The molecular formula is C15H16N2O. The molecule has 0 saturated carbocycles. The molecular weight excluding hydrogens is 224 g/mol. The van der Waals surface area contributed by atoms with Crippen molar-refractivity contribution in [3.8, 4) is 6.07 Å². The first-order valence-electron chi connectivity index (χ1n) is 6.57. The van der Waals surface area contributed by atoms with Crippen molar-refractivity contribution in [1.82, 2.24) is 5.32 Å². The molecule has 1 aromatic rings. The molecule has 0 spiro atoms. The van der Waals surface area contributed by atoms with E-state index >= 15 is 0 Å². The zero-order valence-corrected chi connectivity index (χ0v) is 10.2. The van der Waals surface area contributed by atoms with Crippen molar-refractivity contribution in [2.24, 2.45) is 5.92 Å². The summed E-state index contributed by atoms with van der Waals surface area (Å²) in [5.74, 6) is 0.254. The summed E-state index contributed by atoms with van der Waals surface area (Å²) in [5.41, 5.74) is 1.11.